The topological polar surface area (TPSA) is 78.9 Å². The van der Waals surface area contributed by atoms with Crippen LogP contribution in [0.25, 0.3) is 0 Å². The van der Waals surface area contributed by atoms with E-state index in [1.807, 2.05) is 18.2 Å². The number of anilines is 1. The fourth-order valence-electron chi connectivity index (χ4n) is 1.85. The van der Waals surface area contributed by atoms with Crippen LogP contribution in [0.3, 0.4) is 0 Å². The maximum Gasteiger partial charge on any atom is 0.259 e. The SMILES string of the molecule is CN(C(=O)c1ccccc1Br)c1ccc(C(N)=NO)cc1. The number of rotatable bonds is 3. The molecule has 0 saturated carbocycles. The molecule has 0 aromatic heterocycles. The van der Waals surface area contributed by atoms with Gasteiger partial charge in [0.05, 0.1) is 5.56 Å². The Balaban J connectivity index is 2.26. The van der Waals surface area contributed by atoms with Crippen LogP contribution < -0.4 is 10.6 Å². The molecule has 3 N–H and O–H groups in total. The second-order valence-electron chi connectivity index (χ2n) is 4.38. The highest BCUT2D eigenvalue weighted by Crippen LogP contribution is 2.21. The predicted octanol–water partition coefficient (Wildman–Crippen LogP) is 2.82. The lowest BCUT2D eigenvalue weighted by molar-refractivity contribution is 0.0992. The van der Waals surface area contributed by atoms with Crippen LogP contribution in [0.2, 0.25) is 0 Å². The van der Waals surface area contributed by atoms with Crippen molar-refractivity contribution in [1.82, 2.24) is 0 Å². The van der Waals surface area contributed by atoms with Crippen LogP contribution in [0.15, 0.2) is 58.2 Å². The summed E-state index contributed by atoms with van der Waals surface area (Å²) in [7, 11) is 1.69. The Kier molecular flexibility index (Phi) is 4.59. The summed E-state index contributed by atoms with van der Waals surface area (Å²) in [5.41, 5.74) is 7.39. The molecule has 0 aliphatic heterocycles. The third-order valence-electron chi connectivity index (χ3n) is 3.07. The number of halogens is 1. The molecule has 0 spiro atoms. The molecule has 0 atom stereocenters. The number of benzene rings is 2. The molecule has 108 valence electrons. The van der Waals surface area contributed by atoms with Gasteiger partial charge in [-0.3, -0.25) is 4.79 Å². The van der Waals surface area contributed by atoms with Gasteiger partial charge in [0.15, 0.2) is 5.84 Å². The van der Waals surface area contributed by atoms with E-state index in [0.717, 1.165) is 4.47 Å². The van der Waals surface area contributed by atoms with Crippen molar-refractivity contribution in [2.75, 3.05) is 11.9 Å². The van der Waals surface area contributed by atoms with E-state index in [0.29, 0.717) is 16.8 Å². The Morgan fingerprint density at radius 2 is 1.81 bits per heavy atom. The summed E-state index contributed by atoms with van der Waals surface area (Å²) < 4.78 is 0.745. The van der Waals surface area contributed by atoms with E-state index in [-0.39, 0.29) is 11.7 Å². The average Bonchev–Trinajstić information content (AvgIpc) is 2.53. The number of nitrogens with zero attached hydrogens (tertiary/aromatic N) is 2. The maximum absolute atomic E-state index is 12.4. The lowest BCUT2D eigenvalue weighted by Gasteiger charge is -2.18. The Morgan fingerprint density at radius 1 is 1.19 bits per heavy atom. The molecule has 6 heteroatoms. The Bertz CT molecular complexity index is 684. The molecular formula is C15H14BrN3O2. The number of amides is 1. The zero-order chi connectivity index (χ0) is 15.4. The standard InChI is InChI=1S/C15H14BrN3O2/c1-19(15(20)12-4-2-3-5-13(12)16)11-8-6-10(7-9-11)14(17)18-21/h2-9,21H,1H3,(H2,17,18). The molecule has 0 saturated heterocycles. The molecule has 0 aliphatic carbocycles. The second kappa shape index (κ2) is 6.41. The fourth-order valence-corrected chi connectivity index (χ4v) is 2.30. The summed E-state index contributed by atoms with van der Waals surface area (Å²) in [4.78, 5) is 14.0. The molecule has 5 nitrogen and oxygen atoms in total. The van der Waals surface area contributed by atoms with E-state index in [1.54, 1.807) is 37.4 Å². The number of carbonyl (C=O) groups excluding carboxylic acids is 1. The van der Waals surface area contributed by atoms with Crippen molar-refractivity contribution in [3.63, 3.8) is 0 Å². The highest BCUT2D eigenvalue weighted by Gasteiger charge is 2.15. The molecule has 0 bridgehead atoms. The molecule has 0 fully saturated rings. The van der Waals surface area contributed by atoms with Gasteiger partial charge in [0, 0.05) is 22.8 Å². The average molecular weight is 348 g/mol. The van der Waals surface area contributed by atoms with Gasteiger partial charge in [0.1, 0.15) is 0 Å². The molecule has 0 aliphatic rings. The van der Waals surface area contributed by atoms with Crippen LogP contribution in [0.4, 0.5) is 5.69 Å². The summed E-state index contributed by atoms with van der Waals surface area (Å²) in [6.45, 7) is 0. The van der Waals surface area contributed by atoms with Gasteiger partial charge < -0.3 is 15.8 Å². The predicted molar refractivity (Wildman–Crippen MR) is 85.8 cm³/mol. The normalized spacial score (nSPS) is 11.2. The minimum absolute atomic E-state index is 0.0290. The van der Waals surface area contributed by atoms with E-state index in [9.17, 15) is 4.79 Å². The lowest BCUT2D eigenvalue weighted by Crippen LogP contribution is -2.26. The molecule has 2 rings (SSSR count). The van der Waals surface area contributed by atoms with Crippen LogP contribution in [-0.4, -0.2) is 24.0 Å². The first-order valence-corrected chi connectivity index (χ1v) is 6.94. The van der Waals surface area contributed by atoms with Crippen molar-refractivity contribution in [3.8, 4) is 0 Å². The number of amidine groups is 1. The van der Waals surface area contributed by atoms with Gasteiger partial charge in [-0.15, -0.1) is 0 Å². The highest BCUT2D eigenvalue weighted by atomic mass is 79.9. The van der Waals surface area contributed by atoms with Crippen LogP contribution in [0.1, 0.15) is 15.9 Å². The lowest BCUT2D eigenvalue weighted by atomic mass is 10.1. The van der Waals surface area contributed by atoms with Crippen molar-refractivity contribution < 1.29 is 10.0 Å². The van der Waals surface area contributed by atoms with Crippen LogP contribution >= 0.6 is 15.9 Å². The zero-order valence-corrected chi connectivity index (χ0v) is 12.9. The first-order valence-electron chi connectivity index (χ1n) is 6.15. The molecule has 0 heterocycles. The van der Waals surface area contributed by atoms with Crippen LogP contribution in [0.5, 0.6) is 0 Å². The van der Waals surface area contributed by atoms with Gasteiger partial charge in [-0.05, 0) is 52.3 Å². The number of hydrogen-bond donors (Lipinski definition) is 2. The minimum atomic E-state index is -0.126. The number of nitrogens with two attached hydrogens (primary N) is 1. The molecule has 2 aromatic rings. The molecular weight excluding hydrogens is 334 g/mol. The van der Waals surface area contributed by atoms with Crippen molar-refractivity contribution in [1.29, 1.82) is 0 Å². The van der Waals surface area contributed by atoms with Gasteiger partial charge in [-0.2, -0.15) is 0 Å². The van der Waals surface area contributed by atoms with Crippen molar-refractivity contribution >= 4 is 33.4 Å². The fraction of sp³-hybridized carbons (Fsp3) is 0.0667. The molecule has 0 unspecified atom stereocenters. The van der Waals surface area contributed by atoms with E-state index in [1.165, 1.54) is 4.90 Å². The van der Waals surface area contributed by atoms with Gasteiger partial charge in [-0.25, -0.2) is 0 Å². The van der Waals surface area contributed by atoms with E-state index in [4.69, 9.17) is 10.9 Å². The Morgan fingerprint density at radius 3 is 2.38 bits per heavy atom. The van der Waals surface area contributed by atoms with Gasteiger partial charge >= 0.3 is 0 Å². The van der Waals surface area contributed by atoms with Gasteiger partial charge in [-0.1, -0.05) is 17.3 Å². The van der Waals surface area contributed by atoms with E-state index in [2.05, 4.69) is 21.1 Å². The minimum Gasteiger partial charge on any atom is -0.409 e. The summed E-state index contributed by atoms with van der Waals surface area (Å²) in [6.07, 6.45) is 0. The van der Waals surface area contributed by atoms with Crippen molar-refractivity contribution in [2.24, 2.45) is 10.9 Å². The van der Waals surface area contributed by atoms with E-state index < -0.39 is 0 Å². The maximum atomic E-state index is 12.4. The Labute approximate surface area is 130 Å². The van der Waals surface area contributed by atoms with Crippen LogP contribution in [0, 0.1) is 0 Å². The molecule has 0 radical (unpaired) electrons. The summed E-state index contributed by atoms with van der Waals surface area (Å²) in [5.74, 6) is -0.0969. The largest absolute Gasteiger partial charge is 0.409 e. The Hall–Kier alpha value is -2.34. The van der Waals surface area contributed by atoms with Gasteiger partial charge in [0.2, 0.25) is 0 Å². The third kappa shape index (κ3) is 3.22. The third-order valence-corrected chi connectivity index (χ3v) is 3.76. The summed E-state index contributed by atoms with van der Waals surface area (Å²) >= 11 is 3.37. The first-order chi connectivity index (χ1) is 10.0. The number of oxime groups is 1. The van der Waals surface area contributed by atoms with E-state index >= 15 is 0 Å². The van der Waals surface area contributed by atoms with Crippen molar-refractivity contribution in [3.05, 3.63) is 64.1 Å². The van der Waals surface area contributed by atoms with Gasteiger partial charge in [0.25, 0.3) is 5.91 Å². The number of hydrogen-bond acceptors (Lipinski definition) is 3. The monoisotopic (exact) mass is 347 g/mol. The first kappa shape index (κ1) is 15.1. The molecule has 2 aromatic carbocycles. The number of carbonyl (C=O) groups is 1. The highest BCUT2D eigenvalue weighted by molar-refractivity contribution is 9.10. The zero-order valence-electron chi connectivity index (χ0n) is 11.3. The summed E-state index contributed by atoms with van der Waals surface area (Å²) in [6, 6.07) is 14.1. The second-order valence-corrected chi connectivity index (χ2v) is 5.23. The van der Waals surface area contributed by atoms with Crippen molar-refractivity contribution in [2.45, 2.75) is 0 Å². The molecule has 1 amide bonds. The quantitative estimate of drug-likeness (QED) is 0.387. The summed E-state index contributed by atoms with van der Waals surface area (Å²) in [5, 5.41) is 11.6. The van der Waals surface area contributed by atoms with Crippen LogP contribution in [-0.2, 0) is 0 Å². The smallest absolute Gasteiger partial charge is 0.259 e. The molecule has 21 heavy (non-hydrogen) atoms.